The molecule has 0 heterocycles. The standard InChI is InChI=1S/C25H23NO6/c1-25(2)20(12-13-22(27)30-16-29-3)23(25)24(28)32-21(15-26)17-8-7-11-19(14-17)31-18-9-5-4-6-10-18/h4-11,14,20-21,23H,16H2,1-3H3/t20-,21?,23-/m0/s1. The summed E-state index contributed by atoms with van der Waals surface area (Å²) in [6.45, 7) is 3.52. The SMILES string of the molecule is COCOC(=O)C#C[C@H]1[C@@H](C(=O)OC(C#N)c2cccc(Oc3ccccc3)c2)C1(C)C. The lowest BCUT2D eigenvalue weighted by atomic mass is 10.1. The third kappa shape index (κ3) is 5.46. The number of ether oxygens (including phenoxy) is 4. The molecule has 0 amide bonds. The van der Waals surface area contributed by atoms with Crippen LogP contribution < -0.4 is 4.74 Å². The molecule has 0 spiro atoms. The minimum atomic E-state index is -1.10. The van der Waals surface area contributed by atoms with Crippen LogP contribution in [-0.2, 0) is 23.8 Å². The number of carbonyl (C=O) groups excluding carboxylic acids is 2. The Hall–Kier alpha value is -3.81. The van der Waals surface area contributed by atoms with Crippen molar-refractivity contribution in [2.45, 2.75) is 20.0 Å². The molecule has 7 nitrogen and oxygen atoms in total. The van der Waals surface area contributed by atoms with Crippen molar-refractivity contribution < 1.29 is 28.5 Å². The Balaban J connectivity index is 1.66. The summed E-state index contributed by atoms with van der Waals surface area (Å²) in [4.78, 5) is 24.3. The molecular formula is C25H23NO6. The number of hydrogen-bond acceptors (Lipinski definition) is 7. The van der Waals surface area contributed by atoms with E-state index in [0.29, 0.717) is 17.1 Å². The number of nitrogens with zero attached hydrogens (tertiary/aromatic N) is 1. The van der Waals surface area contributed by atoms with Gasteiger partial charge < -0.3 is 18.9 Å². The molecule has 3 rings (SSSR count). The Bertz CT molecular complexity index is 1080. The van der Waals surface area contributed by atoms with Crippen molar-refractivity contribution in [3.63, 3.8) is 0 Å². The van der Waals surface area contributed by atoms with Gasteiger partial charge in [-0.05, 0) is 29.7 Å². The van der Waals surface area contributed by atoms with Gasteiger partial charge in [0.25, 0.3) is 0 Å². The Morgan fingerprint density at radius 3 is 2.50 bits per heavy atom. The molecular weight excluding hydrogens is 410 g/mol. The Morgan fingerprint density at radius 2 is 1.81 bits per heavy atom. The predicted molar refractivity (Wildman–Crippen MR) is 114 cm³/mol. The van der Waals surface area contributed by atoms with Gasteiger partial charge in [-0.3, -0.25) is 4.79 Å². The van der Waals surface area contributed by atoms with Gasteiger partial charge in [-0.1, -0.05) is 50.1 Å². The summed E-state index contributed by atoms with van der Waals surface area (Å²) in [5.41, 5.74) is 0.0164. The van der Waals surface area contributed by atoms with E-state index in [1.165, 1.54) is 7.11 Å². The zero-order chi connectivity index (χ0) is 23.1. The molecule has 0 aromatic heterocycles. The number of rotatable bonds is 7. The van der Waals surface area contributed by atoms with Crippen molar-refractivity contribution in [2.24, 2.45) is 17.3 Å². The highest BCUT2D eigenvalue weighted by Gasteiger charge is 2.62. The molecule has 7 heteroatoms. The first-order valence-electron chi connectivity index (χ1n) is 9.97. The average Bonchev–Trinajstić information content (AvgIpc) is 3.35. The van der Waals surface area contributed by atoms with Gasteiger partial charge in [-0.15, -0.1) is 0 Å². The smallest absolute Gasteiger partial charge is 0.386 e. The average molecular weight is 433 g/mol. The van der Waals surface area contributed by atoms with Crippen LogP contribution in [-0.4, -0.2) is 25.8 Å². The topological polar surface area (TPSA) is 94.9 Å². The van der Waals surface area contributed by atoms with Crippen LogP contribution in [0.25, 0.3) is 0 Å². The van der Waals surface area contributed by atoms with E-state index in [9.17, 15) is 14.9 Å². The lowest BCUT2D eigenvalue weighted by Gasteiger charge is -2.13. The lowest BCUT2D eigenvalue weighted by molar-refractivity contribution is -0.149. The van der Waals surface area contributed by atoms with Crippen molar-refractivity contribution in [1.82, 2.24) is 0 Å². The number of methoxy groups -OCH3 is 1. The van der Waals surface area contributed by atoms with Crippen LogP contribution in [0.15, 0.2) is 54.6 Å². The third-order valence-electron chi connectivity index (χ3n) is 5.21. The predicted octanol–water partition coefficient (Wildman–Crippen LogP) is 4.01. The molecule has 1 saturated carbocycles. The molecule has 1 aliphatic rings. The second-order valence-corrected chi connectivity index (χ2v) is 7.82. The molecule has 32 heavy (non-hydrogen) atoms. The lowest BCUT2D eigenvalue weighted by Crippen LogP contribution is -2.14. The summed E-state index contributed by atoms with van der Waals surface area (Å²) in [6, 6.07) is 18.1. The molecule has 0 aliphatic heterocycles. The summed E-state index contributed by atoms with van der Waals surface area (Å²) < 4.78 is 20.7. The van der Waals surface area contributed by atoms with Crippen LogP contribution in [0.4, 0.5) is 0 Å². The molecule has 2 aromatic rings. The number of nitriles is 1. The summed E-state index contributed by atoms with van der Waals surface area (Å²) in [5.74, 6) is 4.12. The van der Waals surface area contributed by atoms with Gasteiger partial charge in [-0.25, -0.2) is 4.79 Å². The second kappa shape index (κ2) is 10.00. The van der Waals surface area contributed by atoms with Crippen LogP contribution >= 0.6 is 0 Å². The normalized spacial score (nSPS) is 18.8. The number of carbonyl (C=O) groups is 2. The maximum atomic E-state index is 12.8. The van der Waals surface area contributed by atoms with Crippen molar-refractivity contribution in [3.05, 3.63) is 60.2 Å². The zero-order valence-corrected chi connectivity index (χ0v) is 18.0. The van der Waals surface area contributed by atoms with E-state index in [0.717, 1.165) is 0 Å². The molecule has 3 atom stereocenters. The van der Waals surface area contributed by atoms with Gasteiger partial charge in [0, 0.05) is 24.5 Å². The van der Waals surface area contributed by atoms with Gasteiger partial charge in [0.15, 0.2) is 6.79 Å². The highest BCUT2D eigenvalue weighted by Crippen LogP contribution is 2.58. The number of esters is 2. The fourth-order valence-corrected chi connectivity index (χ4v) is 3.36. The van der Waals surface area contributed by atoms with E-state index < -0.39 is 29.4 Å². The highest BCUT2D eigenvalue weighted by molar-refractivity contribution is 5.89. The quantitative estimate of drug-likeness (QED) is 0.282. The van der Waals surface area contributed by atoms with Crippen molar-refractivity contribution in [1.29, 1.82) is 5.26 Å². The fraction of sp³-hybridized carbons (Fsp3) is 0.320. The summed E-state index contributed by atoms with van der Waals surface area (Å²) in [7, 11) is 1.39. The minimum absolute atomic E-state index is 0.191. The van der Waals surface area contributed by atoms with Crippen molar-refractivity contribution in [3.8, 4) is 29.4 Å². The molecule has 0 saturated heterocycles. The highest BCUT2D eigenvalue weighted by atomic mass is 16.7. The Morgan fingerprint density at radius 1 is 1.09 bits per heavy atom. The Kier molecular flexibility index (Phi) is 7.14. The number of para-hydroxylation sites is 1. The minimum Gasteiger partial charge on any atom is -0.457 e. The first-order valence-corrected chi connectivity index (χ1v) is 9.97. The van der Waals surface area contributed by atoms with E-state index in [4.69, 9.17) is 14.2 Å². The van der Waals surface area contributed by atoms with Crippen molar-refractivity contribution in [2.75, 3.05) is 13.9 Å². The van der Waals surface area contributed by atoms with Gasteiger partial charge in [0.05, 0.1) is 5.92 Å². The van der Waals surface area contributed by atoms with E-state index in [-0.39, 0.29) is 12.7 Å². The van der Waals surface area contributed by atoms with Gasteiger partial charge in [0.2, 0.25) is 6.10 Å². The maximum absolute atomic E-state index is 12.8. The van der Waals surface area contributed by atoms with Crippen LogP contribution in [0.2, 0.25) is 0 Å². The summed E-state index contributed by atoms with van der Waals surface area (Å²) in [6.07, 6.45) is -1.10. The van der Waals surface area contributed by atoms with E-state index in [1.54, 1.807) is 24.3 Å². The first kappa shape index (κ1) is 22.9. The molecule has 1 unspecified atom stereocenters. The summed E-state index contributed by atoms with van der Waals surface area (Å²) >= 11 is 0. The fourth-order valence-electron chi connectivity index (χ4n) is 3.36. The van der Waals surface area contributed by atoms with Crippen molar-refractivity contribution >= 4 is 11.9 Å². The molecule has 2 aromatic carbocycles. The molecule has 0 radical (unpaired) electrons. The largest absolute Gasteiger partial charge is 0.457 e. The van der Waals surface area contributed by atoms with Gasteiger partial charge in [0.1, 0.15) is 17.6 Å². The first-order chi connectivity index (χ1) is 15.4. The molecule has 1 aliphatic carbocycles. The summed E-state index contributed by atoms with van der Waals surface area (Å²) in [5, 5.41) is 9.60. The van der Waals surface area contributed by atoms with E-state index in [1.807, 2.05) is 50.2 Å². The molecule has 1 fully saturated rings. The van der Waals surface area contributed by atoms with Crippen LogP contribution in [0.3, 0.4) is 0 Å². The molecule has 0 bridgehead atoms. The molecule has 0 N–H and O–H groups in total. The number of hydrogen-bond donors (Lipinski definition) is 0. The van der Waals surface area contributed by atoms with E-state index in [2.05, 4.69) is 16.6 Å². The van der Waals surface area contributed by atoms with Crippen LogP contribution in [0.1, 0.15) is 25.5 Å². The van der Waals surface area contributed by atoms with E-state index >= 15 is 0 Å². The zero-order valence-electron chi connectivity index (χ0n) is 18.0. The van der Waals surface area contributed by atoms with Gasteiger partial charge >= 0.3 is 11.9 Å². The Labute approximate surface area is 186 Å². The monoisotopic (exact) mass is 433 g/mol. The molecule has 164 valence electrons. The van der Waals surface area contributed by atoms with Gasteiger partial charge in [-0.2, -0.15) is 5.26 Å². The van der Waals surface area contributed by atoms with Crippen LogP contribution in [0.5, 0.6) is 11.5 Å². The number of benzene rings is 2. The third-order valence-corrected chi connectivity index (χ3v) is 5.21. The maximum Gasteiger partial charge on any atom is 0.386 e. The van der Waals surface area contributed by atoms with Crippen LogP contribution in [0, 0.1) is 40.4 Å². The second-order valence-electron chi connectivity index (χ2n) is 7.82.